The van der Waals surface area contributed by atoms with Gasteiger partial charge in [0, 0.05) is 37.9 Å². The third-order valence-electron chi connectivity index (χ3n) is 3.93. The molecule has 0 unspecified atom stereocenters. The molecule has 136 valence electrons. The second kappa shape index (κ2) is 8.14. The molecule has 2 rings (SSSR count). The number of hydrogen-bond acceptors (Lipinski definition) is 4. The van der Waals surface area contributed by atoms with Crippen molar-refractivity contribution in [2.75, 3.05) is 13.1 Å². The lowest BCUT2D eigenvalue weighted by Gasteiger charge is -2.32. The summed E-state index contributed by atoms with van der Waals surface area (Å²) in [6.45, 7) is 6.50. The average Bonchev–Trinajstić information content (AvgIpc) is 2.54. The van der Waals surface area contributed by atoms with Crippen LogP contribution in [0.3, 0.4) is 0 Å². The molecule has 0 bridgehead atoms. The second-order valence-corrected chi connectivity index (χ2v) is 7.36. The number of Topliss-reactive ketones (excluding diaryl/α,β-unsaturated/α-hetero) is 1. The number of alkyl carbamates (subject to hydrolysis) is 1. The standard InChI is InChI=1S/C19H26N2O4/c1-19(2,3)20-18(24)25-15-9-11-21(12-10-15)17(23)16(22)13-14-7-5-4-6-8-14/h4-8,15H,9-13H2,1-3H3,(H,20,24). The molecule has 0 aliphatic carbocycles. The molecule has 1 saturated heterocycles. The van der Waals surface area contributed by atoms with E-state index >= 15 is 0 Å². The Bertz CT molecular complexity index is 614. The monoisotopic (exact) mass is 346 g/mol. The van der Waals surface area contributed by atoms with E-state index in [1.54, 1.807) is 4.90 Å². The summed E-state index contributed by atoms with van der Waals surface area (Å²) in [6, 6.07) is 9.23. The minimum Gasteiger partial charge on any atom is -0.446 e. The molecule has 1 aliphatic heterocycles. The fraction of sp³-hybridized carbons (Fsp3) is 0.526. The molecule has 1 aliphatic rings. The number of ketones is 1. The summed E-state index contributed by atoms with van der Waals surface area (Å²) in [5.41, 5.74) is 0.482. The van der Waals surface area contributed by atoms with Gasteiger partial charge in [-0.2, -0.15) is 0 Å². The van der Waals surface area contributed by atoms with Crippen molar-refractivity contribution in [3.05, 3.63) is 35.9 Å². The summed E-state index contributed by atoms with van der Waals surface area (Å²) in [5.74, 6) is -0.863. The molecule has 1 heterocycles. The molecular formula is C19H26N2O4. The van der Waals surface area contributed by atoms with E-state index in [-0.39, 0.29) is 18.1 Å². The van der Waals surface area contributed by atoms with Crippen LogP contribution >= 0.6 is 0 Å². The molecule has 0 saturated carbocycles. The number of amides is 2. The van der Waals surface area contributed by atoms with Crippen molar-refractivity contribution >= 4 is 17.8 Å². The topological polar surface area (TPSA) is 75.7 Å². The summed E-state index contributed by atoms with van der Waals surface area (Å²) >= 11 is 0. The number of ether oxygens (including phenoxy) is 1. The number of hydrogen-bond donors (Lipinski definition) is 1. The molecular weight excluding hydrogens is 320 g/mol. The number of nitrogens with one attached hydrogen (secondary N) is 1. The zero-order chi connectivity index (χ0) is 18.4. The van der Waals surface area contributed by atoms with Crippen molar-refractivity contribution in [3.63, 3.8) is 0 Å². The van der Waals surface area contributed by atoms with Gasteiger partial charge in [0.15, 0.2) is 0 Å². The molecule has 6 heteroatoms. The van der Waals surface area contributed by atoms with E-state index in [1.165, 1.54) is 0 Å². The smallest absolute Gasteiger partial charge is 0.407 e. The van der Waals surface area contributed by atoms with E-state index in [2.05, 4.69) is 5.32 Å². The third-order valence-corrected chi connectivity index (χ3v) is 3.93. The van der Waals surface area contributed by atoms with Gasteiger partial charge in [0.1, 0.15) is 6.10 Å². The Kier molecular flexibility index (Phi) is 6.17. The maximum absolute atomic E-state index is 12.3. The highest BCUT2D eigenvalue weighted by Crippen LogP contribution is 2.15. The summed E-state index contributed by atoms with van der Waals surface area (Å²) in [6.07, 6.45) is 0.529. The van der Waals surface area contributed by atoms with E-state index < -0.39 is 17.8 Å². The Labute approximate surface area is 148 Å². The molecule has 0 atom stereocenters. The van der Waals surface area contributed by atoms with Gasteiger partial charge in [-0.05, 0) is 26.3 Å². The maximum Gasteiger partial charge on any atom is 0.407 e. The van der Waals surface area contributed by atoms with Crippen LogP contribution in [0.25, 0.3) is 0 Å². The van der Waals surface area contributed by atoms with Gasteiger partial charge < -0.3 is 15.0 Å². The van der Waals surface area contributed by atoms with E-state index in [0.29, 0.717) is 25.9 Å². The Morgan fingerprint density at radius 1 is 1.12 bits per heavy atom. The molecule has 1 aromatic rings. The molecule has 1 fully saturated rings. The van der Waals surface area contributed by atoms with Gasteiger partial charge in [0.25, 0.3) is 5.91 Å². The number of carbonyl (C=O) groups excluding carboxylic acids is 3. The summed E-state index contributed by atoms with van der Waals surface area (Å²) < 4.78 is 5.38. The normalized spacial score (nSPS) is 15.6. The largest absolute Gasteiger partial charge is 0.446 e. The lowest BCUT2D eigenvalue weighted by molar-refractivity contribution is -0.145. The van der Waals surface area contributed by atoms with E-state index in [0.717, 1.165) is 5.56 Å². The lowest BCUT2D eigenvalue weighted by atomic mass is 10.0. The van der Waals surface area contributed by atoms with Crippen molar-refractivity contribution in [1.82, 2.24) is 10.2 Å². The van der Waals surface area contributed by atoms with Crippen molar-refractivity contribution in [3.8, 4) is 0 Å². The Morgan fingerprint density at radius 3 is 2.28 bits per heavy atom. The Balaban J connectivity index is 1.78. The summed E-state index contributed by atoms with van der Waals surface area (Å²) in [7, 11) is 0. The number of benzene rings is 1. The van der Waals surface area contributed by atoms with Gasteiger partial charge in [-0.3, -0.25) is 9.59 Å². The van der Waals surface area contributed by atoms with Gasteiger partial charge in [0.05, 0.1) is 0 Å². The van der Waals surface area contributed by atoms with Gasteiger partial charge in [-0.1, -0.05) is 30.3 Å². The zero-order valence-electron chi connectivity index (χ0n) is 15.1. The molecule has 1 N–H and O–H groups in total. The fourth-order valence-corrected chi connectivity index (χ4v) is 2.70. The Morgan fingerprint density at radius 2 is 1.72 bits per heavy atom. The first-order chi connectivity index (χ1) is 11.7. The van der Waals surface area contributed by atoms with Crippen LogP contribution < -0.4 is 5.32 Å². The number of rotatable bonds is 4. The van der Waals surface area contributed by atoms with Gasteiger partial charge in [-0.15, -0.1) is 0 Å². The quantitative estimate of drug-likeness (QED) is 0.849. The van der Waals surface area contributed by atoms with Crippen molar-refractivity contribution in [1.29, 1.82) is 0 Å². The maximum atomic E-state index is 12.3. The fourth-order valence-electron chi connectivity index (χ4n) is 2.70. The Hall–Kier alpha value is -2.37. The molecule has 0 aromatic heterocycles. The number of likely N-dealkylation sites (tertiary alicyclic amines) is 1. The van der Waals surface area contributed by atoms with E-state index in [9.17, 15) is 14.4 Å². The second-order valence-electron chi connectivity index (χ2n) is 7.36. The number of piperidine rings is 1. The average molecular weight is 346 g/mol. The molecule has 1 aromatic carbocycles. The van der Waals surface area contributed by atoms with Crippen molar-refractivity contribution in [2.45, 2.75) is 51.7 Å². The first-order valence-electron chi connectivity index (χ1n) is 8.59. The molecule has 0 radical (unpaired) electrons. The number of carbonyl (C=O) groups is 3. The summed E-state index contributed by atoms with van der Waals surface area (Å²) in [4.78, 5) is 37.8. The third kappa shape index (κ3) is 6.21. The van der Waals surface area contributed by atoms with Crippen LogP contribution in [-0.2, 0) is 20.7 Å². The van der Waals surface area contributed by atoms with E-state index in [1.807, 2.05) is 51.1 Å². The van der Waals surface area contributed by atoms with Gasteiger partial charge in [0.2, 0.25) is 5.78 Å². The van der Waals surface area contributed by atoms with Crippen molar-refractivity contribution < 1.29 is 19.1 Å². The molecule has 6 nitrogen and oxygen atoms in total. The highest BCUT2D eigenvalue weighted by atomic mass is 16.6. The van der Waals surface area contributed by atoms with Crippen molar-refractivity contribution in [2.24, 2.45) is 0 Å². The van der Waals surface area contributed by atoms with Crippen LogP contribution in [0.15, 0.2) is 30.3 Å². The lowest BCUT2D eigenvalue weighted by Crippen LogP contribution is -2.47. The number of nitrogens with zero attached hydrogens (tertiary/aromatic N) is 1. The van der Waals surface area contributed by atoms with Crippen LogP contribution in [0.1, 0.15) is 39.2 Å². The zero-order valence-corrected chi connectivity index (χ0v) is 15.1. The molecule has 0 spiro atoms. The SMILES string of the molecule is CC(C)(C)NC(=O)OC1CCN(C(=O)C(=O)Cc2ccccc2)CC1. The molecule has 2 amide bonds. The first kappa shape index (κ1) is 19.0. The van der Waals surface area contributed by atoms with Crippen LogP contribution in [0.2, 0.25) is 0 Å². The molecule has 25 heavy (non-hydrogen) atoms. The van der Waals surface area contributed by atoms with E-state index in [4.69, 9.17) is 4.74 Å². The highest BCUT2D eigenvalue weighted by Gasteiger charge is 2.29. The predicted molar refractivity (Wildman–Crippen MR) is 94.1 cm³/mol. The predicted octanol–water partition coefficient (Wildman–Crippen LogP) is 2.31. The first-order valence-corrected chi connectivity index (χ1v) is 8.59. The van der Waals surface area contributed by atoms with Crippen LogP contribution in [0, 0.1) is 0 Å². The van der Waals surface area contributed by atoms with Crippen LogP contribution in [0.4, 0.5) is 4.79 Å². The van der Waals surface area contributed by atoms with Crippen LogP contribution in [0.5, 0.6) is 0 Å². The van der Waals surface area contributed by atoms with Gasteiger partial charge in [-0.25, -0.2) is 4.79 Å². The minimum absolute atomic E-state index is 0.115. The minimum atomic E-state index is -0.457. The van der Waals surface area contributed by atoms with Crippen LogP contribution in [-0.4, -0.2) is 47.4 Å². The van der Waals surface area contributed by atoms with Gasteiger partial charge >= 0.3 is 6.09 Å². The summed E-state index contributed by atoms with van der Waals surface area (Å²) in [5, 5.41) is 2.75. The highest BCUT2D eigenvalue weighted by molar-refractivity contribution is 6.36.